The van der Waals surface area contributed by atoms with Crippen molar-refractivity contribution in [3.8, 4) is 17.2 Å². The van der Waals surface area contributed by atoms with Crippen molar-refractivity contribution in [3.63, 3.8) is 0 Å². The van der Waals surface area contributed by atoms with Gasteiger partial charge in [0.2, 0.25) is 5.89 Å². The van der Waals surface area contributed by atoms with Gasteiger partial charge in [-0.25, -0.2) is 15.2 Å². The van der Waals surface area contributed by atoms with Crippen molar-refractivity contribution in [2.45, 2.75) is 13.5 Å². The zero-order valence-electron chi connectivity index (χ0n) is 14.5. The number of para-hydroxylation sites is 1. The number of halogens is 1. The first-order valence-corrected chi connectivity index (χ1v) is 8.44. The molecule has 0 aliphatic heterocycles. The lowest BCUT2D eigenvalue weighted by Gasteiger charge is -2.07. The van der Waals surface area contributed by atoms with E-state index in [4.69, 9.17) is 26.5 Å². The first-order valence-electron chi connectivity index (χ1n) is 8.06. The van der Waals surface area contributed by atoms with Gasteiger partial charge in [0, 0.05) is 5.56 Å². The fraction of sp³-hybridized carbons (Fsp3) is 0.105. The molecule has 0 aliphatic rings. The Morgan fingerprint density at radius 2 is 2.04 bits per heavy atom. The topological polar surface area (TPSA) is 103 Å². The number of primary amides is 1. The summed E-state index contributed by atoms with van der Waals surface area (Å²) in [5.41, 5.74) is 9.19. The molecule has 0 aliphatic carbocycles. The average molecular weight is 385 g/mol. The van der Waals surface area contributed by atoms with Crippen molar-refractivity contribution >= 4 is 23.8 Å². The highest BCUT2D eigenvalue weighted by Gasteiger charge is 2.14. The maximum atomic E-state index is 10.7. The normalized spacial score (nSPS) is 10.9. The van der Waals surface area contributed by atoms with Crippen molar-refractivity contribution in [1.82, 2.24) is 10.4 Å². The van der Waals surface area contributed by atoms with E-state index in [1.54, 1.807) is 18.2 Å². The molecule has 138 valence electrons. The molecule has 7 nitrogen and oxygen atoms in total. The molecule has 2 aromatic carbocycles. The number of ether oxygens (including phenoxy) is 1. The van der Waals surface area contributed by atoms with Gasteiger partial charge in [-0.1, -0.05) is 35.9 Å². The largest absolute Gasteiger partial charge is 0.486 e. The molecule has 1 aromatic heterocycles. The van der Waals surface area contributed by atoms with Crippen molar-refractivity contribution in [1.29, 1.82) is 0 Å². The molecule has 3 N–H and O–H groups in total. The second-order valence-corrected chi connectivity index (χ2v) is 5.97. The third-order valence-corrected chi connectivity index (χ3v) is 3.99. The van der Waals surface area contributed by atoms with Crippen LogP contribution in [0.25, 0.3) is 11.5 Å². The van der Waals surface area contributed by atoms with E-state index in [2.05, 4.69) is 15.5 Å². The van der Waals surface area contributed by atoms with Crippen molar-refractivity contribution < 1.29 is 13.9 Å². The predicted molar refractivity (Wildman–Crippen MR) is 103 cm³/mol. The van der Waals surface area contributed by atoms with E-state index in [0.717, 1.165) is 5.56 Å². The number of urea groups is 1. The van der Waals surface area contributed by atoms with Gasteiger partial charge in [-0.2, -0.15) is 5.10 Å². The van der Waals surface area contributed by atoms with Crippen LogP contribution < -0.4 is 15.9 Å². The molecule has 0 unspecified atom stereocenters. The lowest BCUT2D eigenvalue weighted by Crippen LogP contribution is -2.24. The number of carbonyl (C=O) groups excluding carboxylic acids is 1. The van der Waals surface area contributed by atoms with Gasteiger partial charge in [0.1, 0.15) is 23.8 Å². The summed E-state index contributed by atoms with van der Waals surface area (Å²) in [5, 5.41) is 4.31. The Bertz CT molecular complexity index is 985. The van der Waals surface area contributed by atoms with Crippen molar-refractivity contribution in [2.24, 2.45) is 10.8 Å². The number of hydrogen-bond acceptors (Lipinski definition) is 5. The number of benzene rings is 2. The first kappa shape index (κ1) is 18.5. The summed E-state index contributed by atoms with van der Waals surface area (Å²) in [6.45, 7) is 2.02. The summed E-state index contributed by atoms with van der Waals surface area (Å²) in [4.78, 5) is 15.2. The smallest absolute Gasteiger partial charge is 0.332 e. The minimum absolute atomic E-state index is 0.202. The standard InChI is InChI=1S/C19H17ClN4O3/c1-12-16(23-18(27-12)14-7-3-4-8-15(14)20)11-26-17-9-5-2-6-13(17)10-22-24-19(21)25/h2-10H,11H2,1H3,(H3,21,24,25). The molecule has 0 atom stereocenters. The van der Waals surface area contributed by atoms with Crippen LogP contribution in [-0.2, 0) is 6.61 Å². The SMILES string of the molecule is Cc1oc(-c2ccccc2Cl)nc1COc1ccccc1C=NNC(N)=O. The fourth-order valence-electron chi connectivity index (χ4n) is 2.34. The van der Waals surface area contributed by atoms with Crippen LogP contribution in [0.15, 0.2) is 58.0 Å². The molecule has 3 aromatic rings. The van der Waals surface area contributed by atoms with E-state index in [1.165, 1.54) is 6.21 Å². The van der Waals surface area contributed by atoms with Crippen LogP contribution >= 0.6 is 11.6 Å². The molecule has 27 heavy (non-hydrogen) atoms. The Morgan fingerprint density at radius 1 is 1.30 bits per heavy atom. The maximum Gasteiger partial charge on any atom is 0.332 e. The Kier molecular flexibility index (Phi) is 5.73. The number of nitrogens with zero attached hydrogens (tertiary/aromatic N) is 2. The van der Waals surface area contributed by atoms with Gasteiger partial charge in [-0.15, -0.1) is 0 Å². The highest BCUT2D eigenvalue weighted by molar-refractivity contribution is 6.33. The molecule has 2 amide bonds. The number of hydrogen-bond donors (Lipinski definition) is 2. The van der Waals surface area contributed by atoms with E-state index in [1.807, 2.05) is 37.3 Å². The number of nitrogens with one attached hydrogen (secondary N) is 1. The van der Waals surface area contributed by atoms with E-state index in [0.29, 0.717) is 33.7 Å². The van der Waals surface area contributed by atoms with Crippen molar-refractivity contribution in [3.05, 3.63) is 70.6 Å². The molecule has 0 spiro atoms. The van der Waals surface area contributed by atoms with E-state index < -0.39 is 6.03 Å². The molecule has 0 saturated carbocycles. The maximum absolute atomic E-state index is 10.7. The van der Waals surface area contributed by atoms with Crippen LogP contribution in [0, 0.1) is 6.92 Å². The zero-order chi connectivity index (χ0) is 19.2. The highest BCUT2D eigenvalue weighted by Crippen LogP contribution is 2.29. The quantitative estimate of drug-likeness (QED) is 0.497. The second kappa shape index (κ2) is 8.37. The zero-order valence-corrected chi connectivity index (χ0v) is 15.2. The Morgan fingerprint density at radius 3 is 2.81 bits per heavy atom. The number of aromatic nitrogens is 1. The number of aryl methyl sites for hydroxylation is 1. The Labute approximate surface area is 160 Å². The van der Waals surface area contributed by atoms with Crippen LogP contribution in [0.5, 0.6) is 5.75 Å². The molecule has 0 bridgehead atoms. The molecular weight excluding hydrogens is 368 g/mol. The number of nitrogens with two attached hydrogens (primary N) is 1. The van der Waals surface area contributed by atoms with E-state index in [9.17, 15) is 4.79 Å². The monoisotopic (exact) mass is 384 g/mol. The molecule has 8 heteroatoms. The number of rotatable bonds is 6. The van der Waals surface area contributed by atoms with Gasteiger partial charge in [0.05, 0.1) is 16.8 Å². The minimum Gasteiger partial charge on any atom is -0.486 e. The molecule has 0 saturated heterocycles. The molecule has 3 rings (SSSR count). The minimum atomic E-state index is -0.741. The summed E-state index contributed by atoms with van der Waals surface area (Å²) >= 11 is 6.20. The average Bonchev–Trinajstić information content (AvgIpc) is 3.01. The third-order valence-electron chi connectivity index (χ3n) is 3.66. The number of amides is 2. The Hall–Kier alpha value is -3.32. The predicted octanol–water partition coefficient (Wildman–Crippen LogP) is 3.88. The van der Waals surface area contributed by atoms with Gasteiger partial charge in [0.15, 0.2) is 0 Å². The van der Waals surface area contributed by atoms with Crippen LogP contribution in [0.3, 0.4) is 0 Å². The number of hydrazone groups is 1. The van der Waals surface area contributed by atoms with Gasteiger partial charge in [-0.05, 0) is 31.2 Å². The van der Waals surface area contributed by atoms with Gasteiger partial charge in [0.25, 0.3) is 0 Å². The summed E-state index contributed by atoms with van der Waals surface area (Å²) in [5.74, 6) is 1.66. The summed E-state index contributed by atoms with van der Waals surface area (Å²) < 4.78 is 11.6. The molecule has 0 fully saturated rings. The Balaban J connectivity index is 1.76. The van der Waals surface area contributed by atoms with Crippen LogP contribution in [0.2, 0.25) is 5.02 Å². The number of carbonyl (C=O) groups is 1. The van der Waals surface area contributed by atoms with Gasteiger partial charge >= 0.3 is 6.03 Å². The third kappa shape index (κ3) is 4.65. The van der Waals surface area contributed by atoms with E-state index >= 15 is 0 Å². The van der Waals surface area contributed by atoms with E-state index in [-0.39, 0.29) is 6.61 Å². The molecule has 1 heterocycles. The molecular formula is C19H17ClN4O3. The number of oxazole rings is 1. The molecule has 0 radical (unpaired) electrons. The van der Waals surface area contributed by atoms with Gasteiger partial charge in [-0.3, -0.25) is 0 Å². The van der Waals surface area contributed by atoms with Crippen LogP contribution in [0.1, 0.15) is 17.0 Å². The first-order chi connectivity index (χ1) is 13.0. The lowest BCUT2D eigenvalue weighted by molar-refractivity contribution is 0.249. The lowest BCUT2D eigenvalue weighted by atomic mass is 10.2. The highest BCUT2D eigenvalue weighted by atomic mass is 35.5. The van der Waals surface area contributed by atoms with Crippen LogP contribution in [-0.4, -0.2) is 17.2 Å². The van der Waals surface area contributed by atoms with Gasteiger partial charge < -0.3 is 14.9 Å². The summed E-state index contributed by atoms with van der Waals surface area (Å²) in [6, 6.07) is 13.8. The summed E-state index contributed by atoms with van der Waals surface area (Å²) in [6.07, 6.45) is 1.45. The summed E-state index contributed by atoms with van der Waals surface area (Å²) in [7, 11) is 0. The van der Waals surface area contributed by atoms with Crippen LogP contribution in [0.4, 0.5) is 4.79 Å². The second-order valence-electron chi connectivity index (χ2n) is 5.56. The fourth-order valence-corrected chi connectivity index (χ4v) is 2.56. The van der Waals surface area contributed by atoms with Crippen molar-refractivity contribution in [2.75, 3.05) is 0 Å².